The number of hydrogen-bond acceptors (Lipinski definition) is 5. The number of fused-ring (bicyclic) bond motifs is 1. The maximum absolute atomic E-state index is 12.8. The minimum Gasteiger partial charge on any atom is -0.497 e. The molecule has 1 saturated heterocycles. The summed E-state index contributed by atoms with van der Waals surface area (Å²) < 4.78 is 17.6. The molecule has 3 aromatic rings. The van der Waals surface area contributed by atoms with Gasteiger partial charge in [-0.3, -0.25) is 4.79 Å². The van der Waals surface area contributed by atoms with E-state index in [9.17, 15) is 4.79 Å². The first-order chi connectivity index (χ1) is 12.6. The lowest BCUT2D eigenvalue weighted by molar-refractivity contribution is 0.0742. The summed E-state index contributed by atoms with van der Waals surface area (Å²) in [5.41, 5.74) is 0.665. The van der Waals surface area contributed by atoms with Crippen molar-refractivity contribution < 1.29 is 18.7 Å². The zero-order chi connectivity index (χ0) is 18.1. The molecule has 1 amide bonds. The fourth-order valence-electron chi connectivity index (χ4n) is 3.03. The minimum atomic E-state index is -0.133. The molecular weight excluding hydrogens is 400 g/mol. The van der Waals surface area contributed by atoms with Crippen LogP contribution in [0.1, 0.15) is 17.0 Å². The number of carbonyl (C=O) groups is 1. The van der Waals surface area contributed by atoms with E-state index in [1.807, 2.05) is 24.3 Å². The normalized spacial score (nSPS) is 16.8. The van der Waals surface area contributed by atoms with Gasteiger partial charge in [0, 0.05) is 24.5 Å². The zero-order valence-electron chi connectivity index (χ0n) is 14.1. The van der Waals surface area contributed by atoms with Crippen LogP contribution in [0, 0.1) is 0 Å². The smallest absolute Gasteiger partial charge is 0.289 e. The van der Waals surface area contributed by atoms with Gasteiger partial charge in [-0.05, 0) is 52.3 Å². The Balaban J connectivity index is 1.46. The molecule has 0 bridgehead atoms. The van der Waals surface area contributed by atoms with Crippen LogP contribution in [0.3, 0.4) is 0 Å². The first-order valence-electron chi connectivity index (χ1n) is 8.28. The lowest BCUT2D eigenvalue weighted by Crippen LogP contribution is -2.30. The topological polar surface area (TPSA) is 64.8 Å². The predicted octanol–water partition coefficient (Wildman–Crippen LogP) is 3.89. The summed E-state index contributed by atoms with van der Waals surface area (Å²) in [6, 6.07) is 10.9. The second-order valence-corrected chi connectivity index (χ2v) is 6.94. The van der Waals surface area contributed by atoms with Gasteiger partial charge in [0.25, 0.3) is 5.91 Å². The van der Waals surface area contributed by atoms with Crippen LogP contribution in [0.2, 0.25) is 0 Å². The van der Waals surface area contributed by atoms with Gasteiger partial charge in [-0.15, -0.1) is 0 Å². The number of likely N-dealkylation sites (tertiary alicyclic amines) is 1. The summed E-state index contributed by atoms with van der Waals surface area (Å²) in [5, 5.41) is 0.845. The van der Waals surface area contributed by atoms with Gasteiger partial charge in [-0.25, -0.2) is 4.98 Å². The summed E-state index contributed by atoms with van der Waals surface area (Å²) in [6.45, 7) is 1.12. The molecule has 0 saturated carbocycles. The van der Waals surface area contributed by atoms with E-state index in [4.69, 9.17) is 13.9 Å². The maximum atomic E-state index is 12.8. The number of benzene rings is 1. The summed E-state index contributed by atoms with van der Waals surface area (Å²) >= 11 is 3.42. The molecular formula is C19H17BrN2O4. The van der Waals surface area contributed by atoms with E-state index in [0.717, 1.165) is 22.0 Å². The van der Waals surface area contributed by atoms with E-state index in [2.05, 4.69) is 20.9 Å². The van der Waals surface area contributed by atoms with Crippen LogP contribution in [0.4, 0.5) is 0 Å². The highest BCUT2D eigenvalue weighted by molar-refractivity contribution is 9.10. The van der Waals surface area contributed by atoms with Gasteiger partial charge >= 0.3 is 0 Å². The third-order valence-electron chi connectivity index (χ3n) is 4.37. The molecule has 26 heavy (non-hydrogen) atoms. The molecule has 0 radical (unpaired) electrons. The van der Waals surface area contributed by atoms with E-state index < -0.39 is 0 Å². The number of nitrogens with zero attached hydrogens (tertiary/aromatic N) is 2. The number of amides is 1. The minimum absolute atomic E-state index is 0.0883. The van der Waals surface area contributed by atoms with Crippen LogP contribution in [0.5, 0.6) is 11.6 Å². The summed E-state index contributed by atoms with van der Waals surface area (Å²) in [4.78, 5) is 18.7. The molecule has 3 heterocycles. The Labute approximate surface area is 158 Å². The fourth-order valence-corrected chi connectivity index (χ4v) is 3.38. The second-order valence-electron chi connectivity index (χ2n) is 6.08. The van der Waals surface area contributed by atoms with Crippen LogP contribution >= 0.6 is 15.9 Å². The fraction of sp³-hybridized carbons (Fsp3) is 0.263. The first-order valence-corrected chi connectivity index (χ1v) is 9.07. The van der Waals surface area contributed by atoms with Gasteiger partial charge < -0.3 is 18.8 Å². The Hall–Kier alpha value is -2.54. The molecule has 0 spiro atoms. The molecule has 2 aromatic heterocycles. The van der Waals surface area contributed by atoms with Crippen LogP contribution in [0.25, 0.3) is 11.0 Å². The molecule has 0 N–H and O–H groups in total. The Morgan fingerprint density at radius 2 is 2.23 bits per heavy atom. The third-order valence-corrected chi connectivity index (χ3v) is 4.97. The van der Waals surface area contributed by atoms with Crippen LogP contribution in [-0.4, -0.2) is 42.1 Å². The quantitative estimate of drug-likeness (QED) is 0.645. The van der Waals surface area contributed by atoms with Gasteiger partial charge in [-0.1, -0.05) is 0 Å². The monoisotopic (exact) mass is 416 g/mol. The number of hydrogen-bond donors (Lipinski definition) is 0. The van der Waals surface area contributed by atoms with E-state index in [1.54, 1.807) is 30.3 Å². The average molecular weight is 417 g/mol. The average Bonchev–Trinajstić information content (AvgIpc) is 3.29. The highest BCUT2D eigenvalue weighted by Gasteiger charge is 2.30. The molecule has 1 aromatic carbocycles. The number of pyridine rings is 1. The number of furan rings is 1. The highest BCUT2D eigenvalue weighted by atomic mass is 79.9. The molecule has 6 nitrogen and oxygen atoms in total. The van der Waals surface area contributed by atoms with Crippen LogP contribution in [0.15, 0.2) is 51.5 Å². The van der Waals surface area contributed by atoms with Crippen molar-refractivity contribution in [3.05, 3.63) is 52.8 Å². The van der Waals surface area contributed by atoms with Crippen molar-refractivity contribution in [2.75, 3.05) is 20.2 Å². The van der Waals surface area contributed by atoms with Crippen molar-refractivity contribution >= 4 is 32.8 Å². The Morgan fingerprint density at radius 1 is 1.35 bits per heavy atom. The Bertz CT molecular complexity index is 956. The summed E-state index contributed by atoms with van der Waals surface area (Å²) in [7, 11) is 1.61. The SMILES string of the molecule is COc1ccc2oc(C(=O)N3CCC(Oc4ncccc4Br)C3)cc2c1. The zero-order valence-corrected chi connectivity index (χ0v) is 15.7. The van der Waals surface area contributed by atoms with Gasteiger partial charge in [0.15, 0.2) is 5.76 Å². The standard InChI is InChI=1S/C19H17BrN2O4/c1-24-13-4-5-16-12(9-13)10-17(26-16)19(23)22-8-6-14(11-22)25-18-15(20)3-2-7-21-18/h2-5,7,9-10,14H,6,8,11H2,1H3. The van der Waals surface area contributed by atoms with Crippen molar-refractivity contribution in [2.45, 2.75) is 12.5 Å². The van der Waals surface area contributed by atoms with Gasteiger partial charge in [0.05, 0.1) is 18.1 Å². The van der Waals surface area contributed by atoms with Crippen LogP contribution in [-0.2, 0) is 0 Å². The van der Waals surface area contributed by atoms with Gasteiger partial charge in [0.2, 0.25) is 5.88 Å². The molecule has 1 fully saturated rings. The molecule has 1 aliphatic rings. The largest absolute Gasteiger partial charge is 0.497 e. The van der Waals surface area contributed by atoms with E-state index in [-0.39, 0.29) is 12.0 Å². The van der Waals surface area contributed by atoms with Crippen molar-refractivity contribution in [2.24, 2.45) is 0 Å². The first kappa shape index (κ1) is 16.9. The molecule has 1 unspecified atom stereocenters. The number of aromatic nitrogens is 1. The molecule has 1 aliphatic heterocycles. The third kappa shape index (κ3) is 3.26. The van der Waals surface area contributed by atoms with Gasteiger partial charge in [-0.2, -0.15) is 0 Å². The second kappa shape index (κ2) is 6.99. The maximum Gasteiger partial charge on any atom is 0.289 e. The van der Waals surface area contributed by atoms with Crippen molar-refractivity contribution in [1.29, 1.82) is 0 Å². The number of halogens is 1. The highest BCUT2D eigenvalue weighted by Crippen LogP contribution is 2.27. The predicted molar refractivity (Wildman–Crippen MR) is 99.6 cm³/mol. The molecule has 134 valence electrons. The van der Waals surface area contributed by atoms with Crippen LogP contribution < -0.4 is 9.47 Å². The van der Waals surface area contributed by atoms with E-state index >= 15 is 0 Å². The number of rotatable bonds is 4. The lowest BCUT2D eigenvalue weighted by atomic mass is 10.2. The molecule has 0 aliphatic carbocycles. The summed E-state index contributed by atoms with van der Waals surface area (Å²) in [5.74, 6) is 1.47. The van der Waals surface area contributed by atoms with Gasteiger partial charge in [0.1, 0.15) is 17.4 Å². The Kier molecular flexibility index (Phi) is 4.55. The number of methoxy groups -OCH3 is 1. The Morgan fingerprint density at radius 3 is 3.04 bits per heavy atom. The summed E-state index contributed by atoms with van der Waals surface area (Å²) in [6.07, 6.45) is 2.35. The van der Waals surface area contributed by atoms with E-state index in [1.165, 1.54) is 0 Å². The number of ether oxygens (including phenoxy) is 2. The molecule has 4 rings (SSSR count). The molecule has 7 heteroatoms. The van der Waals surface area contributed by atoms with Crippen molar-refractivity contribution in [3.63, 3.8) is 0 Å². The lowest BCUT2D eigenvalue weighted by Gasteiger charge is -2.16. The molecule has 1 atom stereocenters. The van der Waals surface area contributed by atoms with Crippen molar-refractivity contribution in [3.8, 4) is 11.6 Å². The number of carbonyl (C=O) groups excluding carboxylic acids is 1. The van der Waals surface area contributed by atoms with Crippen molar-refractivity contribution in [1.82, 2.24) is 9.88 Å². The van der Waals surface area contributed by atoms with E-state index in [0.29, 0.717) is 30.3 Å².